The van der Waals surface area contributed by atoms with Crippen LogP contribution in [0.15, 0.2) is 237 Å². The molecule has 12 aromatic rings. The Balaban J connectivity index is 0.939. The average Bonchev–Trinajstić information content (AvgIpc) is 4.03. The van der Waals surface area contributed by atoms with Crippen LogP contribution < -0.4 is 4.90 Å². The number of hydrogen-bond acceptors (Lipinski definition) is 3. The highest BCUT2D eigenvalue weighted by atomic mass is 32.1. The van der Waals surface area contributed by atoms with Crippen molar-refractivity contribution < 1.29 is 0 Å². The van der Waals surface area contributed by atoms with Crippen molar-refractivity contribution in [3.8, 4) is 33.4 Å². The number of nitrogens with zero attached hydrogens (tertiary/aromatic N) is 1. The summed E-state index contributed by atoms with van der Waals surface area (Å²) in [6.45, 7) is 0. The Labute approximate surface area is 380 Å². The molecule has 10 aromatic carbocycles. The second-order valence-electron chi connectivity index (χ2n) is 16.8. The molecule has 0 atom stereocenters. The molecule has 0 radical (unpaired) electrons. The Morgan fingerprint density at radius 2 is 0.797 bits per heavy atom. The van der Waals surface area contributed by atoms with Crippen molar-refractivity contribution in [2.45, 2.75) is 5.41 Å². The summed E-state index contributed by atoms with van der Waals surface area (Å²) in [6.07, 6.45) is 0. The summed E-state index contributed by atoms with van der Waals surface area (Å²) in [6, 6.07) is 87.7. The molecule has 0 bridgehead atoms. The van der Waals surface area contributed by atoms with Crippen LogP contribution in [-0.2, 0) is 5.41 Å². The van der Waals surface area contributed by atoms with Crippen LogP contribution in [0.25, 0.3) is 73.7 Å². The van der Waals surface area contributed by atoms with Gasteiger partial charge in [-0.3, -0.25) is 0 Å². The molecular formula is C61H39NS2. The van der Waals surface area contributed by atoms with Gasteiger partial charge in [0.05, 0.1) is 5.41 Å². The second kappa shape index (κ2) is 14.8. The van der Waals surface area contributed by atoms with E-state index in [0.29, 0.717) is 0 Å². The van der Waals surface area contributed by atoms with Crippen molar-refractivity contribution in [3.05, 3.63) is 259 Å². The van der Waals surface area contributed by atoms with E-state index in [9.17, 15) is 0 Å². The van der Waals surface area contributed by atoms with Gasteiger partial charge in [-0.25, -0.2) is 0 Å². The van der Waals surface area contributed by atoms with E-state index in [2.05, 4.69) is 241 Å². The second-order valence-corrected chi connectivity index (χ2v) is 18.9. The van der Waals surface area contributed by atoms with Gasteiger partial charge in [-0.05, 0) is 110 Å². The zero-order chi connectivity index (χ0) is 42.2. The summed E-state index contributed by atoms with van der Waals surface area (Å²) in [7, 11) is 0. The van der Waals surface area contributed by atoms with Crippen LogP contribution in [-0.4, -0.2) is 0 Å². The highest BCUT2D eigenvalue weighted by Gasteiger charge is 2.46. The Morgan fingerprint density at radius 1 is 0.297 bits per heavy atom. The van der Waals surface area contributed by atoms with Crippen LogP contribution in [0.4, 0.5) is 17.1 Å². The molecule has 3 heteroatoms. The van der Waals surface area contributed by atoms with Gasteiger partial charge in [-0.1, -0.05) is 182 Å². The lowest BCUT2D eigenvalue weighted by Crippen LogP contribution is -2.28. The van der Waals surface area contributed by atoms with Gasteiger partial charge in [0.2, 0.25) is 0 Å². The van der Waals surface area contributed by atoms with Crippen LogP contribution in [0.1, 0.15) is 22.3 Å². The minimum absolute atomic E-state index is 0.450. The van der Waals surface area contributed by atoms with Crippen LogP contribution in [0.2, 0.25) is 0 Å². The standard InChI is InChI=1S/C61H39NS2/c1-3-14-43(15-4-1)61(44-16-5-2-6-17-44)55-23-10-7-18-49(55)53-38-46(34-36-56(53)61)62(47-35-37-59-54(39-47)51-20-9-11-24-57(51)63-59)45-32-30-41(31-33-45)40-26-28-42(29-27-40)48-21-13-22-52-50-19-8-12-25-58(50)64-60(48)52/h1-39H. The Hall–Kier alpha value is -7.56. The quantitative estimate of drug-likeness (QED) is 0.154. The van der Waals surface area contributed by atoms with Crippen molar-refractivity contribution in [2.24, 2.45) is 0 Å². The van der Waals surface area contributed by atoms with Gasteiger partial charge >= 0.3 is 0 Å². The summed E-state index contributed by atoms with van der Waals surface area (Å²) in [5.41, 5.74) is 15.5. The maximum atomic E-state index is 2.44. The fourth-order valence-corrected chi connectivity index (χ4v) is 12.8. The Bertz CT molecular complexity index is 3670. The number of rotatable bonds is 7. The third-order valence-corrected chi connectivity index (χ3v) is 15.7. The lowest BCUT2D eigenvalue weighted by Gasteiger charge is -2.34. The maximum Gasteiger partial charge on any atom is 0.0713 e. The Kier molecular flexibility index (Phi) is 8.55. The first kappa shape index (κ1) is 37.0. The molecule has 13 rings (SSSR count). The fourth-order valence-electron chi connectivity index (χ4n) is 10.5. The molecule has 1 aliphatic rings. The third kappa shape index (κ3) is 5.68. The average molecular weight is 850 g/mol. The molecular weight excluding hydrogens is 811 g/mol. The highest BCUT2D eigenvalue weighted by molar-refractivity contribution is 7.26. The zero-order valence-corrected chi connectivity index (χ0v) is 36.4. The van der Waals surface area contributed by atoms with Gasteiger partial charge in [0.1, 0.15) is 0 Å². The molecule has 0 amide bonds. The maximum absolute atomic E-state index is 2.44. The van der Waals surface area contributed by atoms with Gasteiger partial charge in [0.25, 0.3) is 0 Å². The first-order valence-electron chi connectivity index (χ1n) is 21.9. The van der Waals surface area contributed by atoms with E-state index >= 15 is 0 Å². The normalized spacial score (nSPS) is 12.8. The van der Waals surface area contributed by atoms with Gasteiger partial charge < -0.3 is 4.90 Å². The van der Waals surface area contributed by atoms with E-state index in [4.69, 9.17) is 0 Å². The fraction of sp³-hybridized carbons (Fsp3) is 0.0164. The lowest BCUT2D eigenvalue weighted by atomic mass is 9.68. The first-order valence-corrected chi connectivity index (χ1v) is 23.5. The summed E-state index contributed by atoms with van der Waals surface area (Å²) in [4.78, 5) is 2.44. The Morgan fingerprint density at radius 3 is 1.53 bits per heavy atom. The van der Waals surface area contributed by atoms with E-state index in [0.717, 1.165) is 17.1 Å². The molecule has 2 aromatic heterocycles. The van der Waals surface area contributed by atoms with Gasteiger partial charge in [0, 0.05) is 57.4 Å². The number of anilines is 3. The number of fused-ring (bicyclic) bond motifs is 9. The molecule has 0 spiro atoms. The van der Waals surface area contributed by atoms with E-state index in [-0.39, 0.29) is 0 Å². The molecule has 0 unspecified atom stereocenters. The van der Waals surface area contributed by atoms with Crippen molar-refractivity contribution >= 4 is 80.1 Å². The lowest BCUT2D eigenvalue weighted by molar-refractivity contribution is 0.768. The predicted molar refractivity (Wildman–Crippen MR) is 275 cm³/mol. The number of hydrogen-bond donors (Lipinski definition) is 0. The third-order valence-electron chi connectivity index (χ3n) is 13.4. The molecule has 0 saturated carbocycles. The summed E-state index contributed by atoms with van der Waals surface area (Å²) in [5.74, 6) is 0. The smallest absolute Gasteiger partial charge is 0.0713 e. The molecule has 0 aliphatic heterocycles. The van der Waals surface area contributed by atoms with Gasteiger partial charge in [-0.2, -0.15) is 0 Å². The molecule has 1 nitrogen and oxygen atoms in total. The van der Waals surface area contributed by atoms with Crippen LogP contribution in [0.5, 0.6) is 0 Å². The minimum Gasteiger partial charge on any atom is -0.310 e. The highest BCUT2D eigenvalue weighted by Crippen LogP contribution is 2.57. The molecule has 0 fully saturated rings. The van der Waals surface area contributed by atoms with E-state index in [1.807, 2.05) is 22.7 Å². The largest absolute Gasteiger partial charge is 0.310 e. The van der Waals surface area contributed by atoms with Gasteiger partial charge in [-0.15, -0.1) is 22.7 Å². The molecule has 64 heavy (non-hydrogen) atoms. The molecule has 300 valence electrons. The molecule has 0 N–H and O–H groups in total. The van der Waals surface area contributed by atoms with E-state index in [1.54, 1.807) is 0 Å². The number of thiophene rings is 2. The molecule has 2 heterocycles. The monoisotopic (exact) mass is 849 g/mol. The summed E-state index contributed by atoms with van der Waals surface area (Å²) < 4.78 is 5.28. The van der Waals surface area contributed by atoms with Gasteiger partial charge in [0.15, 0.2) is 0 Å². The topological polar surface area (TPSA) is 3.24 Å². The van der Waals surface area contributed by atoms with Crippen LogP contribution >= 0.6 is 22.7 Å². The molecule has 0 saturated heterocycles. The van der Waals surface area contributed by atoms with Crippen molar-refractivity contribution in [2.75, 3.05) is 4.90 Å². The summed E-state index contributed by atoms with van der Waals surface area (Å²) >= 11 is 3.74. The van der Waals surface area contributed by atoms with Crippen molar-refractivity contribution in [3.63, 3.8) is 0 Å². The minimum atomic E-state index is -0.450. The van der Waals surface area contributed by atoms with E-state index in [1.165, 1.54) is 96.0 Å². The zero-order valence-electron chi connectivity index (χ0n) is 34.8. The summed E-state index contributed by atoms with van der Waals surface area (Å²) in [5, 5.41) is 5.23. The SMILES string of the molecule is c1ccc(C2(c3ccccc3)c3ccccc3-c3cc(N(c4ccc(-c5ccc(-c6cccc7c6sc6ccccc67)cc5)cc4)c4ccc5sc6ccccc6c5c4)ccc32)cc1. The van der Waals surface area contributed by atoms with Crippen molar-refractivity contribution in [1.82, 2.24) is 0 Å². The number of benzene rings is 10. The predicted octanol–water partition coefficient (Wildman–Crippen LogP) is 17.6. The van der Waals surface area contributed by atoms with E-state index < -0.39 is 5.41 Å². The van der Waals surface area contributed by atoms with Crippen molar-refractivity contribution in [1.29, 1.82) is 0 Å². The van der Waals surface area contributed by atoms with Crippen LogP contribution in [0, 0.1) is 0 Å². The first-order chi connectivity index (χ1) is 31.7. The van der Waals surface area contributed by atoms with Crippen LogP contribution in [0.3, 0.4) is 0 Å². The molecule has 1 aliphatic carbocycles.